The summed E-state index contributed by atoms with van der Waals surface area (Å²) < 4.78 is 5.32. The SMILES string of the molecule is CCC1CCCC(NCc2ccco2)C1. The number of nitrogens with one attached hydrogen (secondary N) is 1. The summed E-state index contributed by atoms with van der Waals surface area (Å²) >= 11 is 0. The van der Waals surface area contributed by atoms with Crippen LogP contribution in [0.25, 0.3) is 0 Å². The maximum absolute atomic E-state index is 5.32. The summed E-state index contributed by atoms with van der Waals surface area (Å²) in [6, 6.07) is 4.69. The summed E-state index contributed by atoms with van der Waals surface area (Å²) in [5.74, 6) is 1.99. The lowest BCUT2D eigenvalue weighted by Crippen LogP contribution is -2.33. The van der Waals surface area contributed by atoms with Crippen molar-refractivity contribution < 1.29 is 4.42 Å². The van der Waals surface area contributed by atoms with E-state index < -0.39 is 0 Å². The molecule has 0 aromatic carbocycles. The quantitative estimate of drug-likeness (QED) is 0.819. The average Bonchev–Trinajstić information content (AvgIpc) is 2.79. The molecule has 2 rings (SSSR count). The lowest BCUT2D eigenvalue weighted by Gasteiger charge is -2.28. The van der Waals surface area contributed by atoms with Gasteiger partial charge >= 0.3 is 0 Å². The molecule has 0 saturated heterocycles. The van der Waals surface area contributed by atoms with Gasteiger partial charge in [-0.05, 0) is 30.9 Å². The highest BCUT2D eigenvalue weighted by molar-refractivity contribution is 4.98. The normalized spacial score (nSPS) is 26.7. The van der Waals surface area contributed by atoms with Crippen LogP contribution in [0.15, 0.2) is 22.8 Å². The van der Waals surface area contributed by atoms with Gasteiger partial charge in [-0.15, -0.1) is 0 Å². The Morgan fingerprint density at radius 2 is 2.40 bits per heavy atom. The second-order valence-electron chi connectivity index (χ2n) is 4.60. The Hall–Kier alpha value is -0.760. The number of rotatable bonds is 4. The molecule has 0 aliphatic heterocycles. The van der Waals surface area contributed by atoms with E-state index in [4.69, 9.17) is 4.42 Å². The molecule has 1 aromatic heterocycles. The van der Waals surface area contributed by atoms with E-state index in [1.807, 2.05) is 12.1 Å². The van der Waals surface area contributed by atoms with Crippen molar-refractivity contribution in [1.82, 2.24) is 5.32 Å². The van der Waals surface area contributed by atoms with Crippen molar-refractivity contribution in [3.8, 4) is 0 Å². The molecule has 1 fully saturated rings. The molecular formula is C13H21NO. The Morgan fingerprint density at radius 3 is 3.13 bits per heavy atom. The molecule has 1 aromatic rings. The monoisotopic (exact) mass is 207 g/mol. The molecule has 1 aliphatic rings. The van der Waals surface area contributed by atoms with Crippen LogP contribution in [0.3, 0.4) is 0 Å². The van der Waals surface area contributed by atoms with Crippen molar-refractivity contribution >= 4 is 0 Å². The van der Waals surface area contributed by atoms with Gasteiger partial charge in [0.1, 0.15) is 5.76 Å². The van der Waals surface area contributed by atoms with Crippen LogP contribution in [0, 0.1) is 5.92 Å². The maximum Gasteiger partial charge on any atom is 0.117 e. The first-order valence-electron chi connectivity index (χ1n) is 6.14. The number of hydrogen-bond donors (Lipinski definition) is 1. The summed E-state index contributed by atoms with van der Waals surface area (Å²) in [6.45, 7) is 3.19. The van der Waals surface area contributed by atoms with Gasteiger partial charge in [-0.2, -0.15) is 0 Å². The second kappa shape index (κ2) is 5.36. The van der Waals surface area contributed by atoms with Gasteiger partial charge < -0.3 is 9.73 Å². The first-order valence-corrected chi connectivity index (χ1v) is 6.14. The highest BCUT2D eigenvalue weighted by atomic mass is 16.3. The average molecular weight is 207 g/mol. The Morgan fingerprint density at radius 1 is 1.47 bits per heavy atom. The molecule has 2 heteroatoms. The third-order valence-electron chi connectivity index (χ3n) is 3.51. The number of furan rings is 1. The zero-order valence-corrected chi connectivity index (χ0v) is 9.54. The molecule has 1 saturated carbocycles. The van der Waals surface area contributed by atoms with Crippen molar-refractivity contribution in [3.05, 3.63) is 24.2 Å². The van der Waals surface area contributed by atoms with E-state index in [0.29, 0.717) is 6.04 Å². The second-order valence-corrected chi connectivity index (χ2v) is 4.60. The molecular weight excluding hydrogens is 186 g/mol. The lowest BCUT2D eigenvalue weighted by atomic mass is 9.84. The van der Waals surface area contributed by atoms with E-state index in [1.54, 1.807) is 6.26 Å². The van der Waals surface area contributed by atoms with Gasteiger partial charge in [0.05, 0.1) is 12.8 Å². The molecule has 0 bridgehead atoms. The van der Waals surface area contributed by atoms with Gasteiger partial charge in [-0.25, -0.2) is 0 Å². The summed E-state index contributed by atoms with van der Waals surface area (Å²) in [4.78, 5) is 0. The minimum absolute atomic E-state index is 0.703. The minimum Gasteiger partial charge on any atom is -0.468 e. The van der Waals surface area contributed by atoms with Gasteiger partial charge in [-0.3, -0.25) is 0 Å². The van der Waals surface area contributed by atoms with Gasteiger partial charge in [-0.1, -0.05) is 26.2 Å². The van der Waals surface area contributed by atoms with E-state index in [2.05, 4.69) is 12.2 Å². The van der Waals surface area contributed by atoms with E-state index >= 15 is 0 Å². The Bertz CT molecular complexity index is 268. The third kappa shape index (κ3) is 3.10. The molecule has 1 N–H and O–H groups in total. The van der Waals surface area contributed by atoms with Crippen molar-refractivity contribution in [2.75, 3.05) is 0 Å². The predicted molar refractivity (Wildman–Crippen MR) is 61.6 cm³/mol. The van der Waals surface area contributed by atoms with Crippen LogP contribution < -0.4 is 5.32 Å². The number of hydrogen-bond acceptors (Lipinski definition) is 2. The fourth-order valence-electron chi connectivity index (χ4n) is 2.51. The van der Waals surface area contributed by atoms with Gasteiger partial charge in [0.2, 0.25) is 0 Å². The smallest absolute Gasteiger partial charge is 0.117 e. The summed E-state index contributed by atoms with van der Waals surface area (Å²) in [7, 11) is 0. The van der Waals surface area contributed by atoms with Crippen LogP contribution in [0.2, 0.25) is 0 Å². The first-order chi connectivity index (χ1) is 7.38. The highest BCUT2D eigenvalue weighted by Crippen LogP contribution is 2.26. The highest BCUT2D eigenvalue weighted by Gasteiger charge is 2.20. The van der Waals surface area contributed by atoms with Crippen molar-refractivity contribution in [2.45, 2.75) is 51.6 Å². The molecule has 2 atom stereocenters. The summed E-state index contributed by atoms with van der Waals surface area (Å²) in [5.41, 5.74) is 0. The summed E-state index contributed by atoms with van der Waals surface area (Å²) in [5, 5.41) is 3.59. The van der Waals surface area contributed by atoms with E-state index in [9.17, 15) is 0 Å². The maximum atomic E-state index is 5.32. The third-order valence-corrected chi connectivity index (χ3v) is 3.51. The summed E-state index contributed by atoms with van der Waals surface area (Å²) in [6.07, 6.45) is 8.56. The van der Waals surface area contributed by atoms with Crippen LogP contribution >= 0.6 is 0 Å². The lowest BCUT2D eigenvalue weighted by molar-refractivity contribution is 0.273. The predicted octanol–water partition coefficient (Wildman–Crippen LogP) is 3.34. The Labute approximate surface area is 92.1 Å². The zero-order chi connectivity index (χ0) is 10.5. The molecule has 2 nitrogen and oxygen atoms in total. The molecule has 1 heterocycles. The molecule has 1 aliphatic carbocycles. The van der Waals surface area contributed by atoms with Crippen LogP contribution in [0.5, 0.6) is 0 Å². The van der Waals surface area contributed by atoms with Gasteiger partial charge in [0, 0.05) is 6.04 Å². The molecule has 2 unspecified atom stereocenters. The van der Waals surface area contributed by atoms with Crippen molar-refractivity contribution in [1.29, 1.82) is 0 Å². The largest absolute Gasteiger partial charge is 0.468 e. The molecule has 0 amide bonds. The zero-order valence-electron chi connectivity index (χ0n) is 9.54. The van der Waals surface area contributed by atoms with Crippen LogP contribution in [-0.4, -0.2) is 6.04 Å². The van der Waals surface area contributed by atoms with E-state index in [0.717, 1.165) is 18.2 Å². The standard InChI is InChI=1S/C13H21NO/c1-2-11-5-3-6-12(9-11)14-10-13-7-4-8-15-13/h4,7-8,11-12,14H,2-3,5-6,9-10H2,1H3. The molecule has 84 valence electrons. The van der Waals surface area contributed by atoms with Crippen LogP contribution in [-0.2, 0) is 6.54 Å². The molecule has 0 radical (unpaired) electrons. The fraction of sp³-hybridized carbons (Fsp3) is 0.692. The Kier molecular flexibility index (Phi) is 3.84. The topological polar surface area (TPSA) is 25.2 Å². The fourth-order valence-corrected chi connectivity index (χ4v) is 2.51. The van der Waals surface area contributed by atoms with Crippen LogP contribution in [0.1, 0.15) is 44.8 Å². The van der Waals surface area contributed by atoms with E-state index in [-0.39, 0.29) is 0 Å². The van der Waals surface area contributed by atoms with Gasteiger partial charge in [0.15, 0.2) is 0 Å². The van der Waals surface area contributed by atoms with Crippen LogP contribution in [0.4, 0.5) is 0 Å². The van der Waals surface area contributed by atoms with Gasteiger partial charge in [0.25, 0.3) is 0 Å². The van der Waals surface area contributed by atoms with E-state index in [1.165, 1.54) is 32.1 Å². The molecule has 0 spiro atoms. The minimum atomic E-state index is 0.703. The molecule has 15 heavy (non-hydrogen) atoms. The van der Waals surface area contributed by atoms with Crippen molar-refractivity contribution in [2.24, 2.45) is 5.92 Å². The first kappa shape index (κ1) is 10.7. The Balaban J connectivity index is 1.74. The van der Waals surface area contributed by atoms with Crippen molar-refractivity contribution in [3.63, 3.8) is 0 Å².